The SMILES string of the molecule is CC(=O)Nc1ccc(CNCc2ccc(-c3ccc(Cl)cc3)o2)cc1. The van der Waals surface area contributed by atoms with E-state index in [-0.39, 0.29) is 5.91 Å². The van der Waals surface area contributed by atoms with Gasteiger partial charge >= 0.3 is 0 Å². The van der Waals surface area contributed by atoms with Crippen LogP contribution in [0.15, 0.2) is 65.1 Å². The van der Waals surface area contributed by atoms with Crippen molar-refractivity contribution in [1.82, 2.24) is 5.32 Å². The lowest BCUT2D eigenvalue weighted by atomic mass is 10.2. The van der Waals surface area contributed by atoms with Crippen LogP contribution in [0.25, 0.3) is 11.3 Å². The molecule has 2 N–H and O–H groups in total. The number of carbonyl (C=O) groups is 1. The number of amides is 1. The Bertz CT molecular complexity index is 839. The summed E-state index contributed by atoms with van der Waals surface area (Å²) in [6.45, 7) is 2.86. The molecule has 0 atom stereocenters. The summed E-state index contributed by atoms with van der Waals surface area (Å²) in [5.74, 6) is 1.63. The largest absolute Gasteiger partial charge is 0.460 e. The molecule has 3 rings (SSSR count). The molecule has 0 saturated heterocycles. The number of hydrogen-bond acceptors (Lipinski definition) is 3. The van der Waals surface area contributed by atoms with E-state index in [1.807, 2.05) is 60.7 Å². The Morgan fingerprint density at radius 1 is 0.960 bits per heavy atom. The van der Waals surface area contributed by atoms with E-state index in [2.05, 4.69) is 10.6 Å². The van der Waals surface area contributed by atoms with Crippen LogP contribution in [-0.2, 0) is 17.9 Å². The van der Waals surface area contributed by atoms with Gasteiger partial charge in [0.1, 0.15) is 11.5 Å². The molecular weight excluding hydrogens is 336 g/mol. The summed E-state index contributed by atoms with van der Waals surface area (Å²) < 4.78 is 5.86. The Balaban J connectivity index is 1.52. The molecule has 5 heteroatoms. The average molecular weight is 355 g/mol. The zero-order valence-electron chi connectivity index (χ0n) is 13.9. The number of halogens is 1. The quantitative estimate of drug-likeness (QED) is 0.665. The first-order chi connectivity index (χ1) is 12.1. The highest BCUT2D eigenvalue weighted by atomic mass is 35.5. The number of carbonyl (C=O) groups excluding carboxylic acids is 1. The van der Waals surface area contributed by atoms with E-state index in [9.17, 15) is 4.79 Å². The highest BCUT2D eigenvalue weighted by Crippen LogP contribution is 2.23. The van der Waals surface area contributed by atoms with Gasteiger partial charge in [0.25, 0.3) is 0 Å². The number of rotatable bonds is 6. The monoisotopic (exact) mass is 354 g/mol. The van der Waals surface area contributed by atoms with Crippen LogP contribution in [0.4, 0.5) is 5.69 Å². The van der Waals surface area contributed by atoms with Crippen molar-refractivity contribution in [3.63, 3.8) is 0 Å². The fraction of sp³-hybridized carbons (Fsp3) is 0.150. The third-order valence-electron chi connectivity index (χ3n) is 3.69. The molecule has 0 radical (unpaired) electrons. The molecule has 1 amide bonds. The highest BCUT2D eigenvalue weighted by molar-refractivity contribution is 6.30. The molecule has 1 aromatic heterocycles. The highest BCUT2D eigenvalue weighted by Gasteiger charge is 2.05. The second-order valence-electron chi connectivity index (χ2n) is 5.75. The lowest BCUT2D eigenvalue weighted by molar-refractivity contribution is -0.114. The predicted molar refractivity (Wildman–Crippen MR) is 100 cm³/mol. The normalized spacial score (nSPS) is 10.6. The van der Waals surface area contributed by atoms with Crippen molar-refractivity contribution in [2.24, 2.45) is 0 Å². The molecule has 25 heavy (non-hydrogen) atoms. The first-order valence-electron chi connectivity index (χ1n) is 8.02. The molecular formula is C20H19ClN2O2. The van der Waals surface area contributed by atoms with Crippen LogP contribution in [-0.4, -0.2) is 5.91 Å². The number of nitrogens with one attached hydrogen (secondary N) is 2. The fourth-order valence-electron chi connectivity index (χ4n) is 2.48. The Morgan fingerprint density at radius 2 is 1.68 bits per heavy atom. The maximum Gasteiger partial charge on any atom is 0.221 e. The maximum absolute atomic E-state index is 11.0. The summed E-state index contributed by atoms with van der Waals surface area (Å²) in [6.07, 6.45) is 0. The second-order valence-corrected chi connectivity index (χ2v) is 6.19. The van der Waals surface area contributed by atoms with Gasteiger partial charge in [0.05, 0.1) is 6.54 Å². The summed E-state index contributed by atoms with van der Waals surface area (Å²) in [5.41, 5.74) is 2.94. The second kappa shape index (κ2) is 8.01. The Kier molecular flexibility index (Phi) is 5.53. The van der Waals surface area contributed by atoms with Crippen LogP contribution >= 0.6 is 11.6 Å². The van der Waals surface area contributed by atoms with E-state index in [0.29, 0.717) is 11.6 Å². The van der Waals surface area contributed by atoms with Gasteiger partial charge in [-0.3, -0.25) is 4.79 Å². The average Bonchev–Trinajstić information content (AvgIpc) is 3.05. The summed E-state index contributed by atoms with van der Waals surface area (Å²) in [6, 6.07) is 19.3. The van der Waals surface area contributed by atoms with Crippen LogP contribution in [0, 0.1) is 0 Å². The molecule has 0 bridgehead atoms. The minimum atomic E-state index is -0.0693. The topological polar surface area (TPSA) is 54.3 Å². The zero-order chi connectivity index (χ0) is 17.6. The van der Waals surface area contributed by atoms with E-state index < -0.39 is 0 Å². The van der Waals surface area contributed by atoms with Crippen molar-refractivity contribution >= 4 is 23.2 Å². The summed E-state index contributed by atoms with van der Waals surface area (Å²) >= 11 is 5.90. The standard InChI is InChI=1S/C20H19ClN2O2/c1-14(24)23-18-8-2-15(3-9-18)12-22-13-19-10-11-20(25-19)16-4-6-17(21)7-5-16/h2-11,22H,12-13H2,1H3,(H,23,24). The van der Waals surface area contributed by atoms with Crippen molar-refractivity contribution in [2.75, 3.05) is 5.32 Å². The maximum atomic E-state index is 11.0. The van der Waals surface area contributed by atoms with E-state index in [1.54, 1.807) is 0 Å². The molecule has 0 spiro atoms. The molecule has 3 aromatic rings. The Hall–Kier alpha value is -2.56. The van der Waals surface area contributed by atoms with Gasteiger partial charge < -0.3 is 15.1 Å². The van der Waals surface area contributed by atoms with Crippen molar-refractivity contribution in [2.45, 2.75) is 20.0 Å². The van der Waals surface area contributed by atoms with E-state index in [1.165, 1.54) is 6.92 Å². The Labute approximate surface area is 151 Å². The molecule has 1 heterocycles. The van der Waals surface area contributed by atoms with Gasteiger partial charge in [0, 0.05) is 29.7 Å². The van der Waals surface area contributed by atoms with Gasteiger partial charge in [0.15, 0.2) is 0 Å². The van der Waals surface area contributed by atoms with Crippen molar-refractivity contribution in [1.29, 1.82) is 0 Å². The van der Waals surface area contributed by atoms with Gasteiger partial charge in [-0.15, -0.1) is 0 Å². The van der Waals surface area contributed by atoms with Gasteiger partial charge in [-0.2, -0.15) is 0 Å². The number of furan rings is 1. The third kappa shape index (κ3) is 4.95. The number of hydrogen-bond donors (Lipinski definition) is 2. The number of benzene rings is 2. The lowest BCUT2D eigenvalue weighted by Gasteiger charge is -2.06. The molecule has 128 valence electrons. The molecule has 0 aliphatic rings. The van der Waals surface area contributed by atoms with Crippen LogP contribution in [0.3, 0.4) is 0 Å². The molecule has 0 saturated carbocycles. The predicted octanol–water partition coefficient (Wildman–Crippen LogP) is 4.85. The molecule has 0 aliphatic carbocycles. The van der Waals surface area contributed by atoms with Crippen LogP contribution in [0.1, 0.15) is 18.2 Å². The van der Waals surface area contributed by atoms with Crippen molar-refractivity contribution < 1.29 is 9.21 Å². The molecule has 4 nitrogen and oxygen atoms in total. The van der Waals surface area contributed by atoms with Gasteiger partial charge in [-0.25, -0.2) is 0 Å². The molecule has 0 fully saturated rings. The third-order valence-corrected chi connectivity index (χ3v) is 3.95. The van der Waals surface area contributed by atoms with Gasteiger partial charge in [-0.1, -0.05) is 23.7 Å². The van der Waals surface area contributed by atoms with Gasteiger partial charge in [0.2, 0.25) is 5.91 Å². The van der Waals surface area contributed by atoms with E-state index >= 15 is 0 Å². The summed E-state index contributed by atoms with van der Waals surface area (Å²) in [4.78, 5) is 11.0. The van der Waals surface area contributed by atoms with E-state index in [4.69, 9.17) is 16.0 Å². The number of anilines is 1. The Morgan fingerprint density at radius 3 is 2.36 bits per heavy atom. The zero-order valence-corrected chi connectivity index (χ0v) is 14.6. The lowest BCUT2D eigenvalue weighted by Crippen LogP contribution is -2.12. The van der Waals surface area contributed by atoms with Crippen LogP contribution < -0.4 is 10.6 Å². The fourth-order valence-corrected chi connectivity index (χ4v) is 2.61. The van der Waals surface area contributed by atoms with Crippen molar-refractivity contribution in [3.8, 4) is 11.3 Å². The first kappa shape index (κ1) is 17.3. The minimum Gasteiger partial charge on any atom is -0.460 e. The minimum absolute atomic E-state index is 0.0693. The van der Waals surface area contributed by atoms with Crippen LogP contribution in [0.2, 0.25) is 5.02 Å². The van der Waals surface area contributed by atoms with Gasteiger partial charge in [-0.05, 0) is 54.1 Å². The summed E-state index contributed by atoms with van der Waals surface area (Å²) in [7, 11) is 0. The molecule has 0 aliphatic heterocycles. The molecule has 2 aromatic carbocycles. The summed E-state index contributed by atoms with van der Waals surface area (Å²) in [5, 5.41) is 6.81. The van der Waals surface area contributed by atoms with E-state index in [0.717, 1.165) is 34.9 Å². The first-order valence-corrected chi connectivity index (χ1v) is 8.40. The smallest absolute Gasteiger partial charge is 0.221 e. The molecule has 0 unspecified atom stereocenters. The van der Waals surface area contributed by atoms with Crippen molar-refractivity contribution in [3.05, 3.63) is 77.0 Å². The van der Waals surface area contributed by atoms with Crippen LogP contribution in [0.5, 0.6) is 0 Å².